The van der Waals surface area contributed by atoms with Gasteiger partial charge in [0.05, 0.1) is 24.8 Å². The van der Waals surface area contributed by atoms with Crippen molar-refractivity contribution in [3.8, 4) is 0 Å². The van der Waals surface area contributed by atoms with Crippen LogP contribution in [0.2, 0.25) is 0 Å². The van der Waals surface area contributed by atoms with Crippen LogP contribution in [0.5, 0.6) is 0 Å². The fourth-order valence-electron chi connectivity index (χ4n) is 2.13. The van der Waals surface area contributed by atoms with Crippen LogP contribution in [-0.4, -0.2) is 38.2 Å². The van der Waals surface area contributed by atoms with E-state index in [0.29, 0.717) is 6.61 Å². The molecule has 0 aromatic rings. The molecule has 2 fully saturated rings. The second-order valence-corrected chi connectivity index (χ2v) is 3.54. The summed E-state index contributed by atoms with van der Waals surface area (Å²) in [6.45, 7) is 2.78. The van der Waals surface area contributed by atoms with E-state index >= 15 is 0 Å². The number of fused-ring (bicyclic) bond motifs is 2. The molecule has 0 aromatic heterocycles. The van der Waals surface area contributed by atoms with Crippen LogP contribution >= 0.6 is 0 Å². The largest absolute Gasteiger partial charge is 0.374 e. The zero-order valence-electron chi connectivity index (χ0n) is 7.04. The molecular formula is C7H14BNO2. The van der Waals surface area contributed by atoms with Crippen LogP contribution in [-0.2, 0) is 9.47 Å². The lowest BCUT2D eigenvalue weighted by Crippen LogP contribution is -2.44. The molecule has 3 unspecified atom stereocenters. The molecule has 11 heavy (non-hydrogen) atoms. The van der Waals surface area contributed by atoms with Crippen LogP contribution in [0.1, 0.15) is 13.3 Å². The van der Waals surface area contributed by atoms with Crippen molar-refractivity contribution in [2.75, 3.05) is 6.61 Å². The van der Waals surface area contributed by atoms with Gasteiger partial charge in [0, 0.05) is 0 Å². The van der Waals surface area contributed by atoms with Crippen molar-refractivity contribution < 1.29 is 9.47 Å². The van der Waals surface area contributed by atoms with E-state index in [2.05, 4.69) is 6.92 Å². The van der Waals surface area contributed by atoms with Crippen molar-refractivity contribution in [2.24, 2.45) is 5.73 Å². The second kappa shape index (κ2) is 2.22. The van der Waals surface area contributed by atoms with Crippen molar-refractivity contribution in [3.63, 3.8) is 0 Å². The Bertz CT molecular complexity index is 178. The molecule has 62 valence electrons. The van der Waals surface area contributed by atoms with Crippen molar-refractivity contribution in [1.82, 2.24) is 0 Å². The molecule has 4 atom stereocenters. The first-order chi connectivity index (χ1) is 5.19. The average Bonchev–Trinajstić information content (AvgIpc) is 2.42. The number of ether oxygens (including phenoxy) is 2. The van der Waals surface area contributed by atoms with E-state index in [4.69, 9.17) is 15.2 Å². The molecule has 0 spiro atoms. The standard InChI is InChI=1S/C7H14BNO2/c1-2-7-3-10-4(5(7)9)6(8)11-7/h4-6H,2-3,8-9H2,1H3/t4?,5?,6-,7?/m1/s1. The highest BCUT2D eigenvalue weighted by Gasteiger charge is 2.56. The van der Waals surface area contributed by atoms with Crippen LogP contribution in [0.4, 0.5) is 0 Å². The molecule has 4 heteroatoms. The Hall–Kier alpha value is -0.0551. The maximum absolute atomic E-state index is 5.97. The fraction of sp³-hybridized carbons (Fsp3) is 1.00. The van der Waals surface area contributed by atoms with Gasteiger partial charge >= 0.3 is 0 Å². The highest BCUT2D eigenvalue weighted by Crippen LogP contribution is 2.39. The molecule has 0 aliphatic carbocycles. The Morgan fingerprint density at radius 2 is 2.45 bits per heavy atom. The number of rotatable bonds is 1. The van der Waals surface area contributed by atoms with Gasteiger partial charge in [-0.15, -0.1) is 0 Å². The summed E-state index contributed by atoms with van der Waals surface area (Å²) in [5.41, 5.74) is 5.81. The zero-order chi connectivity index (χ0) is 8.06. The summed E-state index contributed by atoms with van der Waals surface area (Å²) < 4.78 is 11.3. The van der Waals surface area contributed by atoms with Gasteiger partial charge in [0.1, 0.15) is 13.4 Å². The number of nitrogens with two attached hydrogens (primary N) is 1. The Morgan fingerprint density at radius 3 is 2.73 bits per heavy atom. The lowest BCUT2D eigenvalue weighted by atomic mass is 9.89. The first kappa shape index (κ1) is 7.59. The quantitative estimate of drug-likeness (QED) is 0.486. The molecular weight excluding hydrogens is 141 g/mol. The normalized spacial score (nSPS) is 55.3. The topological polar surface area (TPSA) is 44.5 Å². The minimum Gasteiger partial charge on any atom is -0.374 e. The molecule has 2 rings (SSSR count). The van der Waals surface area contributed by atoms with Gasteiger partial charge in [0.25, 0.3) is 0 Å². The maximum Gasteiger partial charge on any atom is 0.142 e. The summed E-state index contributed by atoms with van der Waals surface area (Å²) in [7, 11) is 2.03. The first-order valence-corrected chi connectivity index (χ1v) is 4.24. The van der Waals surface area contributed by atoms with Gasteiger partial charge in [-0.1, -0.05) is 6.92 Å². The van der Waals surface area contributed by atoms with E-state index in [1.165, 1.54) is 0 Å². The predicted molar refractivity (Wildman–Crippen MR) is 44.2 cm³/mol. The van der Waals surface area contributed by atoms with Gasteiger partial charge in [0.15, 0.2) is 0 Å². The van der Waals surface area contributed by atoms with E-state index in [9.17, 15) is 0 Å². The average molecular weight is 155 g/mol. The third-order valence-electron chi connectivity index (χ3n) is 2.96. The van der Waals surface area contributed by atoms with E-state index in [-0.39, 0.29) is 23.8 Å². The Morgan fingerprint density at radius 1 is 1.73 bits per heavy atom. The first-order valence-electron chi connectivity index (χ1n) is 4.24. The van der Waals surface area contributed by atoms with E-state index in [1.54, 1.807) is 0 Å². The van der Waals surface area contributed by atoms with E-state index in [0.717, 1.165) is 6.42 Å². The smallest absolute Gasteiger partial charge is 0.142 e. The van der Waals surface area contributed by atoms with Gasteiger partial charge < -0.3 is 15.2 Å². The summed E-state index contributed by atoms with van der Waals surface area (Å²) in [6, 6.07) is 0.265. The van der Waals surface area contributed by atoms with Gasteiger partial charge in [-0.2, -0.15) is 0 Å². The number of hydrogen-bond acceptors (Lipinski definition) is 3. The summed E-state index contributed by atoms with van der Waals surface area (Å²) in [5, 5.41) is 0. The van der Waals surface area contributed by atoms with Crippen molar-refractivity contribution in [2.45, 2.75) is 37.1 Å². The SMILES string of the molecule is B[C@@H]1OC2(CC)COC1C2N. The molecule has 2 saturated heterocycles. The van der Waals surface area contributed by atoms with Crippen LogP contribution in [0, 0.1) is 0 Å². The monoisotopic (exact) mass is 155 g/mol. The fourth-order valence-corrected chi connectivity index (χ4v) is 2.13. The lowest BCUT2D eigenvalue weighted by Gasteiger charge is -2.28. The van der Waals surface area contributed by atoms with E-state index in [1.807, 2.05) is 7.85 Å². The van der Waals surface area contributed by atoms with Gasteiger partial charge in [-0.3, -0.25) is 0 Å². The van der Waals surface area contributed by atoms with Gasteiger partial charge in [-0.25, -0.2) is 0 Å². The van der Waals surface area contributed by atoms with Crippen molar-refractivity contribution >= 4 is 7.85 Å². The highest BCUT2D eigenvalue weighted by atomic mass is 16.6. The molecule has 0 amide bonds. The second-order valence-electron chi connectivity index (χ2n) is 3.54. The molecule has 2 bridgehead atoms. The third kappa shape index (κ3) is 0.804. The van der Waals surface area contributed by atoms with Crippen molar-refractivity contribution in [1.29, 1.82) is 0 Å². The van der Waals surface area contributed by atoms with E-state index < -0.39 is 0 Å². The highest BCUT2D eigenvalue weighted by molar-refractivity contribution is 6.11. The summed E-state index contributed by atoms with van der Waals surface area (Å²) >= 11 is 0. The third-order valence-corrected chi connectivity index (χ3v) is 2.96. The van der Waals surface area contributed by atoms with Crippen LogP contribution in [0.15, 0.2) is 0 Å². The molecule has 2 N–H and O–H groups in total. The molecule has 0 saturated carbocycles. The zero-order valence-corrected chi connectivity index (χ0v) is 7.04. The summed E-state index contributed by atoms with van der Waals surface area (Å²) in [5.74, 6) is 0. The summed E-state index contributed by atoms with van der Waals surface area (Å²) in [6.07, 6.45) is 1.09. The maximum atomic E-state index is 5.97. The predicted octanol–water partition coefficient (Wildman–Crippen LogP) is -1.15. The van der Waals surface area contributed by atoms with Gasteiger partial charge in [0.2, 0.25) is 0 Å². The molecule has 0 radical (unpaired) electrons. The number of hydrogen-bond donors (Lipinski definition) is 1. The molecule has 3 nitrogen and oxygen atoms in total. The Kier molecular flexibility index (Phi) is 1.53. The molecule has 2 heterocycles. The lowest BCUT2D eigenvalue weighted by molar-refractivity contribution is -0.114. The summed E-state index contributed by atoms with van der Waals surface area (Å²) in [4.78, 5) is 0. The minimum absolute atomic E-state index is 0.0856. The van der Waals surface area contributed by atoms with Crippen LogP contribution in [0.25, 0.3) is 0 Å². The minimum atomic E-state index is -0.163. The molecule has 0 aromatic carbocycles. The van der Waals surface area contributed by atoms with Crippen LogP contribution in [0.3, 0.4) is 0 Å². The Labute approximate surface area is 67.6 Å². The van der Waals surface area contributed by atoms with Crippen molar-refractivity contribution in [3.05, 3.63) is 0 Å². The van der Waals surface area contributed by atoms with Crippen LogP contribution < -0.4 is 5.73 Å². The van der Waals surface area contributed by atoms with Gasteiger partial charge in [-0.05, 0) is 6.42 Å². The Balaban J connectivity index is 2.24. The molecule has 2 aliphatic heterocycles. The molecule has 2 aliphatic rings.